The van der Waals surface area contributed by atoms with Gasteiger partial charge in [0.05, 0.1) is 24.3 Å². The van der Waals surface area contributed by atoms with Gasteiger partial charge < -0.3 is 19.7 Å². The van der Waals surface area contributed by atoms with Crippen LogP contribution in [0.3, 0.4) is 0 Å². The molecule has 30 heavy (non-hydrogen) atoms. The number of hydrogen-bond acceptors (Lipinski definition) is 5. The van der Waals surface area contributed by atoms with Crippen LogP contribution in [0.4, 0.5) is 4.39 Å². The molecule has 4 rings (SSSR count). The van der Waals surface area contributed by atoms with Crippen molar-refractivity contribution in [2.24, 2.45) is 7.05 Å². The average Bonchev–Trinajstić information content (AvgIpc) is 3.21. The van der Waals surface area contributed by atoms with Crippen LogP contribution in [0.1, 0.15) is 26.4 Å². The van der Waals surface area contributed by atoms with E-state index < -0.39 is 5.82 Å². The number of fused-ring (bicyclic) bond motifs is 1. The van der Waals surface area contributed by atoms with Gasteiger partial charge in [-0.25, -0.2) is 4.39 Å². The van der Waals surface area contributed by atoms with Crippen LogP contribution in [0.25, 0.3) is 0 Å². The number of aryl methyl sites for hydroxylation is 2. The summed E-state index contributed by atoms with van der Waals surface area (Å²) in [6.07, 6.45) is 0.951. The molecule has 8 nitrogen and oxygen atoms in total. The fraction of sp³-hybridized carbons (Fsp3) is 0.450. The summed E-state index contributed by atoms with van der Waals surface area (Å²) in [4.78, 5) is 26.8. The topological polar surface area (TPSA) is 85.7 Å². The van der Waals surface area contributed by atoms with Gasteiger partial charge in [-0.2, -0.15) is 5.10 Å². The van der Waals surface area contributed by atoms with Crippen molar-refractivity contribution in [1.82, 2.24) is 20.0 Å². The third-order valence-electron chi connectivity index (χ3n) is 5.29. The van der Waals surface area contributed by atoms with Crippen LogP contribution in [0, 0.1) is 12.7 Å². The fourth-order valence-electron chi connectivity index (χ4n) is 3.70. The zero-order valence-electron chi connectivity index (χ0n) is 16.6. The number of halogens is 2. The molecule has 2 saturated heterocycles. The predicted molar refractivity (Wildman–Crippen MR) is 106 cm³/mol. The summed E-state index contributed by atoms with van der Waals surface area (Å²) >= 11 is 6.08. The summed E-state index contributed by atoms with van der Waals surface area (Å²) in [5, 5.41) is 7.25. The number of nitrogens with one attached hydrogen (secondary N) is 1. The highest BCUT2D eigenvalue weighted by Gasteiger charge is 2.40. The molecule has 0 spiro atoms. The molecule has 2 aliphatic heterocycles. The molecule has 1 aromatic heterocycles. The van der Waals surface area contributed by atoms with Crippen molar-refractivity contribution in [3.05, 3.63) is 52.1 Å². The van der Waals surface area contributed by atoms with Crippen molar-refractivity contribution in [1.29, 1.82) is 0 Å². The van der Waals surface area contributed by atoms with Crippen molar-refractivity contribution in [3.8, 4) is 0 Å². The van der Waals surface area contributed by atoms with E-state index in [2.05, 4.69) is 10.4 Å². The molecule has 160 valence electrons. The monoisotopic (exact) mass is 436 g/mol. The Kier molecular flexibility index (Phi) is 5.77. The van der Waals surface area contributed by atoms with E-state index in [1.54, 1.807) is 31.1 Å². The average molecular weight is 437 g/mol. The van der Waals surface area contributed by atoms with Crippen molar-refractivity contribution in [2.75, 3.05) is 26.3 Å². The second-order valence-electron chi connectivity index (χ2n) is 7.58. The van der Waals surface area contributed by atoms with Gasteiger partial charge in [-0.1, -0.05) is 17.7 Å². The van der Waals surface area contributed by atoms with E-state index in [-0.39, 0.29) is 54.5 Å². The van der Waals surface area contributed by atoms with Gasteiger partial charge in [-0.05, 0) is 24.6 Å². The normalized spacial score (nSPS) is 21.9. The molecule has 0 radical (unpaired) electrons. The largest absolute Gasteiger partial charge is 0.371 e. The molecule has 2 aliphatic rings. The second-order valence-corrected chi connectivity index (χ2v) is 7.99. The van der Waals surface area contributed by atoms with Crippen LogP contribution in [0.15, 0.2) is 24.4 Å². The number of hydrogen-bond donors (Lipinski definition) is 1. The van der Waals surface area contributed by atoms with Crippen LogP contribution in [0.5, 0.6) is 0 Å². The summed E-state index contributed by atoms with van der Waals surface area (Å²) in [5.74, 6) is -1.11. The molecular formula is C20H22ClFN4O4. The summed E-state index contributed by atoms with van der Waals surface area (Å²) in [5.41, 5.74) is 1.17. The Hall–Kier alpha value is -2.49. The first-order valence-corrected chi connectivity index (χ1v) is 9.98. The lowest BCUT2D eigenvalue weighted by atomic mass is 10.1. The first-order valence-electron chi connectivity index (χ1n) is 9.60. The maximum atomic E-state index is 13.5. The molecule has 1 N–H and O–H groups in total. The minimum Gasteiger partial charge on any atom is -0.371 e. The lowest BCUT2D eigenvalue weighted by Gasteiger charge is -2.19. The maximum Gasteiger partial charge on any atom is 0.276 e. The van der Waals surface area contributed by atoms with Crippen LogP contribution in [-0.4, -0.2) is 71.0 Å². The highest BCUT2D eigenvalue weighted by atomic mass is 35.5. The zero-order chi connectivity index (χ0) is 21.4. The van der Waals surface area contributed by atoms with E-state index in [0.717, 1.165) is 0 Å². The van der Waals surface area contributed by atoms with Crippen molar-refractivity contribution in [3.63, 3.8) is 0 Å². The highest BCUT2D eigenvalue weighted by molar-refractivity contribution is 6.33. The van der Waals surface area contributed by atoms with Crippen molar-refractivity contribution < 1.29 is 23.5 Å². The number of likely N-dealkylation sites (tertiary alicyclic amines) is 1. The predicted octanol–water partition coefficient (Wildman–Crippen LogP) is 1.56. The summed E-state index contributed by atoms with van der Waals surface area (Å²) in [7, 11) is 1.70. The molecule has 0 bridgehead atoms. The molecule has 2 amide bonds. The van der Waals surface area contributed by atoms with Crippen LogP contribution >= 0.6 is 11.6 Å². The molecule has 0 saturated carbocycles. The van der Waals surface area contributed by atoms with Crippen molar-refractivity contribution in [2.45, 2.75) is 25.2 Å². The Morgan fingerprint density at radius 2 is 1.90 bits per heavy atom. The van der Waals surface area contributed by atoms with Gasteiger partial charge >= 0.3 is 0 Å². The van der Waals surface area contributed by atoms with Gasteiger partial charge in [-0.3, -0.25) is 14.3 Å². The van der Waals surface area contributed by atoms with E-state index in [9.17, 15) is 14.0 Å². The van der Waals surface area contributed by atoms with E-state index in [1.165, 1.54) is 16.8 Å². The number of amides is 2. The Morgan fingerprint density at radius 1 is 1.23 bits per heavy atom. The zero-order valence-corrected chi connectivity index (χ0v) is 17.4. The van der Waals surface area contributed by atoms with Crippen LogP contribution < -0.4 is 5.32 Å². The molecule has 1 aromatic carbocycles. The molecular weight excluding hydrogens is 415 g/mol. The van der Waals surface area contributed by atoms with Crippen LogP contribution in [-0.2, 0) is 16.5 Å². The highest BCUT2D eigenvalue weighted by Crippen LogP contribution is 2.24. The van der Waals surface area contributed by atoms with E-state index in [0.29, 0.717) is 23.7 Å². The number of carbonyl (C=O) groups is 2. The molecule has 0 aliphatic carbocycles. The van der Waals surface area contributed by atoms with Crippen LogP contribution in [0.2, 0.25) is 5.02 Å². The lowest BCUT2D eigenvalue weighted by Crippen LogP contribution is -2.41. The van der Waals surface area contributed by atoms with Gasteiger partial charge in [0.15, 0.2) is 5.69 Å². The van der Waals surface area contributed by atoms with Crippen molar-refractivity contribution >= 4 is 23.4 Å². The number of carbonyl (C=O) groups excluding carboxylic acids is 2. The SMILES string of the molecule is Cc1ccc(F)cc1C(=O)NC1CO[C@H]2CN(C(=O)c3nn(C)cc3Cl)C[C@@H]2OC1. The fourth-order valence-corrected chi connectivity index (χ4v) is 3.96. The Bertz CT molecular complexity index is 966. The van der Waals surface area contributed by atoms with E-state index in [1.807, 2.05) is 0 Å². The maximum absolute atomic E-state index is 13.5. The third-order valence-corrected chi connectivity index (χ3v) is 5.57. The van der Waals surface area contributed by atoms with Gasteiger partial charge in [-0.15, -0.1) is 0 Å². The summed E-state index contributed by atoms with van der Waals surface area (Å²) in [6.45, 7) is 2.90. The Morgan fingerprint density at radius 3 is 2.50 bits per heavy atom. The minimum atomic E-state index is -0.466. The van der Waals surface area contributed by atoms with E-state index in [4.69, 9.17) is 21.1 Å². The number of rotatable bonds is 3. The minimum absolute atomic E-state index is 0.200. The summed E-state index contributed by atoms with van der Waals surface area (Å²) in [6, 6.07) is 3.72. The number of aromatic nitrogens is 2. The second kappa shape index (κ2) is 8.33. The third kappa shape index (κ3) is 4.19. The molecule has 2 aromatic rings. The summed E-state index contributed by atoms with van der Waals surface area (Å²) < 4.78 is 26.8. The van der Waals surface area contributed by atoms with Gasteiger partial charge in [0, 0.05) is 31.9 Å². The Labute approximate surface area is 177 Å². The van der Waals surface area contributed by atoms with Gasteiger partial charge in [0.2, 0.25) is 0 Å². The first-order chi connectivity index (χ1) is 14.3. The molecule has 10 heteroatoms. The van der Waals surface area contributed by atoms with E-state index >= 15 is 0 Å². The lowest BCUT2D eigenvalue weighted by molar-refractivity contribution is -0.00461. The van der Waals surface area contributed by atoms with Gasteiger partial charge in [0.25, 0.3) is 11.8 Å². The standard InChI is InChI=1S/C20H22ClFN4O4/c1-11-3-4-12(22)5-14(11)19(27)23-13-9-29-16-7-26(8-17(16)30-10-13)20(28)18-15(21)6-25(2)24-18/h3-6,13,16-17H,7-10H2,1-2H3,(H,23,27)/t16-,17-/m0/s1. The number of ether oxygens (including phenoxy) is 2. The molecule has 3 heterocycles. The molecule has 2 atom stereocenters. The first kappa shape index (κ1) is 20.8. The number of nitrogens with zero attached hydrogens (tertiary/aromatic N) is 3. The van der Waals surface area contributed by atoms with Gasteiger partial charge in [0.1, 0.15) is 18.0 Å². The quantitative estimate of drug-likeness (QED) is 0.789. The Balaban J connectivity index is 1.35. The smallest absolute Gasteiger partial charge is 0.276 e. The number of benzene rings is 1. The molecule has 0 unspecified atom stereocenters. The molecule has 2 fully saturated rings.